The number of anilines is 1. The molecule has 1 N–H and O–H groups in total. The van der Waals surface area contributed by atoms with Crippen molar-refractivity contribution < 1.29 is 9.84 Å². The van der Waals surface area contributed by atoms with Crippen LogP contribution in [-0.2, 0) is 4.74 Å². The maximum absolute atomic E-state index is 7.00. The molecule has 2 rings (SSSR count). The summed E-state index contributed by atoms with van der Waals surface area (Å²) in [5.74, 6) is 0.404. The standard InChI is InChI=1S/C10H11NS.C2H6O.CH4O/c1-7-8-5-3-4-6-9(8)11(2)10(7)12;1-3-2;1-2/h3-7H,1-2H3;1-2H3;2H,1H3. The maximum atomic E-state index is 7.00. The average Bonchev–Trinajstić information content (AvgIpc) is 2.59. The molecule has 0 spiro atoms. The Morgan fingerprint density at radius 1 is 1.24 bits per heavy atom. The molecule has 0 amide bonds. The zero-order valence-electron chi connectivity index (χ0n) is 11.1. The fourth-order valence-electron chi connectivity index (χ4n) is 1.70. The highest BCUT2D eigenvalue weighted by Gasteiger charge is 2.27. The number of hydrogen-bond acceptors (Lipinski definition) is 3. The van der Waals surface area contributed by atoms with E-state index >= 15 is 0 Å². The monoisotopic (exact) mass is 255 g/mol. The van der Waals surface area contributed by atoms with Crippen LogP contribution in [0.5, 0.6) is 0 Å². The Labute approximate surface area is 109 Å². The van der Waals surface area contributed by atoms with Crippen LogP contribution in [0.3, 0.4) is 0 Å². The predicted octanol–water partition coefficient (Wildman–Crippen LogP) is 2.44. The van der Waals surface area contributed by atoms with Crippen molar-refractivity contribution >= 4 is 22.9 Å². The summed E-state index contributed by atoms with van der Waals surface area (Å²) < 4.78 is 4.25. The summed E-state index contributed by atoms with van der Waals surface area (Å²) in [6.07, 6.45) is 0. The SMILES string of the molecule is CC1C(=S)N(C)c2ccccc21.CO.COC. The second-order valence-corrected chi connectivity index (χ2v) is 4.00. The Hall–Kier alpha value is -0.970. The van der Waals surface area contributed by atoms with E-state index in [1.807, 2.05) is 7.05 Å². The first kappa shape index (κ1) is 16.0. The van der Waals surface area contributed by atoms with Crippen LogP contribution in [0.1, 0.15) is 18.4 Å². The van der Waals surface area contributed by atoms with Crippen LogP contribution >= 0.6 is 12.2 Å². The Morgan fingerprint density at radius 2 is 1.71 bits per heavy atom. The number of ether oxygens (including phenoxy) is 1. The first-order chi connectivity index (χ1) is 8.13. The molecule has 3 nitrogen and oxygen atoms in total. The van der Waals surface area contributed by atoms with Crippen LogP contribution in [0.2, 0.25) is 0 Å². The van der Waals surface area contributed by atoms with Gasteiger partial charge in [0.1, 0.15) is 0 Å². The molecule has 1 aromatic carbocycles. The van der Waals surface area contributed by atoms with Crippen LogP contribution in [0.15, 0.2) is 24.3 Å². The number of thiocarbonyl (C=S) groups is 1. The molecule has 1 aliphatic heterocycles. The quantitative estimate of drug-likeness (QED) is 0.722. The van der Waals surface area contributed by atoms with E-state index in [1.165, 1.54) is 11.3 Å². The van der Waals surface area contributed by atoms with Gasteiger partial charge in [0.2, 0.25) is 0 Å². The van der Waals surface area contributed by atoms with E-state index in [0.29, 0.717) is 5.92 Å². The summed E-state index contributed by atoms with van der Waals surface area (Å²) >= 11 is 5.30. The third kappa shape index (κ3) is 3.77. The molecule has 1 unspecified atom stereocenters. The Balaban J connectivity index is 0.000000450. The molecule has 0 saturated carbocycles. The van der Waals surface area contributed by atoms with Crippen molar-refractivity contribution in [1.29, 1.82) is 0 Å². The summed E-state index contributed by atoms with van der Waals surface area (Å²) in [5.41, 5.74) is 2.61. The minimum Gasteiger partial charge on any atom is -0.400 e. The van der Waals surface area contributed by atoms with Gasteiger partial charge >= 0.3 is 0 Å². The molecule has 0 aromatic heterocycles. The number of rotatable bonds is 0. The highest BCUT2D eigenvalue weighted by molar-refractivity contribution is 7.80. The molecule has 0 aliphatic carbocycles. The number of hydrogen-bond donors (Lipinski definition) is 1. The van der Waals surface area contributed by atoms with Crippen molar-refractivity contribution in [3.63, 3.8) is 0 Å². The topological polar surface area (TPSA) is 32.7 Å². The van der Waals surface area contributed by atoms with Gasteiger partial charge in [-0.25, -0.2) is 0 Å². The molecule has 1 heterocycles. The van der Waals surface area contributed by atoms with Gasteiger partial charge in [-0.2, -0.15) is 0 Å². The molecule has 96 valence electrons. The minimum absolute atomic E-state index is 0.404. The van der Waals surface area contributed by atoms with E-state index in [9.17, 15) is 0 Å². The summed E-state index contributed by atoms with van der Waals surface area (Å²) in [5, 5.41) is 7.00. The van der Waals surface area contributed by atoms with Crippen molar-refractivity contribution in [2.75, 3.05) is 33.3 Å². The zero-order valence-corrected chi connectivity index (χ0v) is 11.9. The number of benzene rings is 1. The fraction of sp³-hybridized carbons (Fsp3) is 0.462. The first-order valence-electron chi connectivity index (χ1n) is 5.34. The van der Waals surface area contributed by atoms with Crippen LogP contribution in [0, 0.1) is 0 Å². The number of aliphatic hydroxyl groups excluding tert-OH is 1. The van der Waals surface area contributed by atoms with Gasteiger partial charge in [0.25, 0.3) is 0 Å². The Kier molecular flexibility index (Phi) is 7.70. The summed E-state index contributed by atoms with van der Waals surface area (Å²) in [4.78, 5) is 3.12. The van der Waals surface area contributed by atoms with Gasteiger partial charge < -0.3 is 14.7 Å². The van der Waals surface area contributed by atoms with Gasteiger partial charge in [0.05, 0.1) is 4.99 Å². The van der Waals surface area contributed by atoms with Gasteiger partial charge in [-0.1, -0.05) is 37.3 Å². The lowest BCUT2D eigenvalue weighted by molar-refractivity contribution is 0.277. The van der Waals surface area contributed by atoms with E-state index in [1.54, 1.807) is 14.2 Å². The Morgan fingerprint density at radius 3 is 2.18 bits per heavy atom. The van der Waals surface area contributed by atoms with Gasteiger partial charge in [-0.3, -0.25) is 0 Å². The molecule has 1 aromatic rings. The second-order valence-electron chi connectivity index (χ2n) is 3.59. The maximum Gasteiger partial charge on any atom is 0.0894 e. The van der Waals surface area contributed by atoms with Crippen molar-refractivity contribution in [3.8, 4) is 0 Å². The van der Waals surface area contributed by atoms with E-state index < -0.39 is 0 Å². The van der Waals surface area contributed by atoms with Gasteiger partial charge in [0.15, 0.2) is 0 Å². The van der Waals surface area contributed by atoms with Crippen molar-refractivity contribution in [2.45, 2.75) is 12.8 Å². The molecule has 4 heteroatoms. The highest BCUT2D eigenvalue weighted by Crippen LogP contribution is 2.36. The summed E-state index contributed by atoms with van der Waals surface area (Å²) in [6, 6.07) is 8.38. The Bertz CT molecular complexity index is 324. The largest absolute Gasteiger partial charge is 0.400 e. The normalized spacial score (nSPS) is 16.5. The molecular weight excluding hydrogens is 234 g/mol. The number of aliphatic hydroxyl groups is 1. The minimum atomic E-state index is 0.404. The van der Waals surface area contributed by atoms with E-state index in [4.69, 9.17) is 17.3 Å². The average molecular weight is 255 g/mol. The number of methoxy groups -OCH3 is 1. The summed E-state index contributed by atoms with van der Waals surface area (Å²) in [6.45, 7) is 2.16. The van der Waals surface area contributed by atoms with Crippen LogP contribution < -0.4 is 4.90 Å². The van der Waals surface area contributed by atoms with Crippen molar-refractivity contribution in [2.24, 2.45) is 0 Å². The molecule has 0 fully saturated rings. The number of para-hydroxylation sites is 1. The summed E-state index contributed by atoms with van der Waals surface area (Å²) in [7, 11) is 6.28. The van der Waals surface area contributed by atoms with E-state index in [0.717, 1.165) is 12.1 Å². The van der Waals surface area contributed by atoms with E-state index in [-0.39, 0.29) is 0 Å². The molecular formula is C13H21NO2S. The van der Waals surface area contributed by atoms with Crippen LogP contribution in [0.4, 0.5) is 5.69 Å². The van der Waals surface area contributed by atoms with Gasteiger partial charge in [0, 0.05) is 40.0 Å². The van der Waals surface area contributed by atoms with Gasteiger partial charge in [-0.15, -0.1) is 0 Å². The molecule has 0 radical (unpaired) electrons. The third-order valence-corrected chi connectivity index (χ3v) is 3.09. The molecule has 17 heavy (non-hydrogen) atoms. The van der Waals surface area contributed by atoms with Crippen LogP contribution in [0.25, 0.3) is 0 Å². The first-order valence-corrected chi connectivity index (χ1v) is 5.75. The van der Waals surface area contributed by atoms with Crippen molar-refractivity contribution in [1.82, 2.24) is 0 Å². The third-order valence-electron chi connectivity index (χ3n) is 2.47. The number of fused-ring (bicyclic) bond motifs is 1. The predicted molar refractivity (Wildman–Crippen MR) is 76.9 cm³/mol. The lowest BCUT2D eigenvalue weighted by atomic mass is 10.0. The lowest BCUT2D eigenvalue weighted by Crippen LogP contribution is -2.20. The zero-order chi connectivity index (χ0) is 13.4. The van der Waals surface area contributed by atoms with Crippen LogP contribution in [-0.4, -0.2) is 38.5 Å². The number of nitrogens with zero attached hydrogens (tertiary/aromatic N) is 1. The smallest absolute Gasteiger partial charge is 0.0894 e. The highest BCUT2D eigenvalue weighted by atomic mass is 32.1. The van der Waals surface area contributed by atoms with Crippen molar-refractivity contribution in [3.05, 3.63) is 29.8 Å². The van der Waals surface area contributed by atoms with E-state index in [2.05, 4.69) is 40.8 Å². The second kappa shape index (κ2) is 8.17. The van der Waals surface area contributed by atoms with Gasteiger partial charge in [-0.05, 0) is 11.6 Å². The molecule has 0 saturated heterocycles. The molecule has 1 atom stereocenters. The number of likely N-dealkylation sites (N-methyl/N-ethyl adjacent to an activating group) is 1. The molecule has 0 bridgehead atoms. The lowest BCUT2D eigenvalue weighted by Gasteiger charge is -2.11. The molecule has 1 aliphatic rings. The fourth-order valence-corrected chi connectivity index (χ4v) is 1.93.